The van der Waals surface area contributed by atoms with Crippen LogP contribution in [0.3, 0.4) is 0 Å². The maximum atomic E-state index is 10.9. The molecular formula is C8H13N5O7S. The first kappa shape index (κ1) is 15.7. The monoisotopic (exact) mass is 323 g/mol. The fourth-order valence-electron chi connectivity index (χ4n) is 1.76. The van der Waals surface area contributed by atoms with Crippen molar-refractivity contribution >= 4 is 16.2 Å². The van der Waals surface area contributed by atoms with Gasteiger partial charge in [0, 0.05) is 0 Å². The number of primary amides is 1. The van der Waals surface area contributed by atoms with Crippen molar-refractivity contribution in [2.75, 3.05) is 6.61 Å². The number of amides is 1. The summed E-state index contributed by atoms with van der Waals surface area (Å²) in [5.41, 5.74) is 4.98. The number of aliphatic hydroxyl groups excluding tert-OH is 2. The summed E-state index contributed by atoms with van der Waals surface area (Å²) in [7, 11) is -4.21. The van der Waals surface area contributed by atoms with Gasteiger partial charge in [-0.3, -0.25) is 8.98 Å². The summed E-state index contributed by atoms with van der Waals surface area (Å²) < 4.78 is 31.9. The van der Waals surface area contributed by atoms with Gasteiger partial charge in [0.1, 0.15) is 24.6 Å². The lowest BCUT2D eigenvalue weighted by Crippen LogP contribution is -2.35. The van der Waals surface area contributed by atoms with Crippen molar-refractivity contribution in [3.8, 4) is 0 Å². The highest BCUT2D eigenvalue weighted by atomic mass is 32.2. The molecule has 1 fully saturated rings. The number of hydrogen-bond donors (Lipinski definition) is 4. The molecule has 4 atom stereocenters. The van der Waals surface area contributed by atoms with Gasteiger partial charge < -0.3 is 20.7 Å². The average Bonchev–Trinajstić information content (AvgIpc) is 2.94. The lowest BCUT2D eigenvalue weighted by atomic mass is 10.1. The van der Waals surface area contributed by atoms with Crippen LogP contribution in [0.4, 0.5) is 0 Å². The number of nitrogens with two attached hydrogens (primary N) is 2. The van der Waals surface area contributed by atoms with Gasteiger partial charge in [0.2, 0.25) is 5.82 Å². The zero-order valence-corrected chi connectivity index (χ0v) is 11.3. The molecule has 1 aliphatic rings. The molecule has 0 radical (unpaired) electrons. The van der Waals surface area contributed by atoms with Gasteiger partial charge in [-0.25, -0.2) is 14.8 Å². The zero-order chi connectivity index (χ0) is 15.8. The quantitative estimate of drug-likeness (QED) is 0.420. The molecule has 1 aliphatic heterocycles. The van der Waals surface area contributed by atoms with Gasteiger partial charge in [-0.15, -0.1) is 5.10 Å². The molecule has 13 heteroatoms. The SMILES string of the molecule is NC(=O)c1ncn(C2OC(COS(N)(=O)=O)[C@@H](O)[C@H]2O)n1. The van der Waals surface area contributed by atoms with Crippen molar-refractivity contribution in [3.05, 3.63) is 12.2 Å². The van der Waals surface area contributed by atoms with Crippen LogP contribution in [0.2, 0.25) is 0 Å². The molecule has 1 aromatic heterocycles. The van der Waals surface area contributed by atoms with E-state index in [-0.39, 0.29) is 5.82 Å². The second-order valence-corrected chi connectivity index (χ2v) is 5.46. The Hall–Kier alpha value is -1.64. The van der Waals surface area contributed by atoms with Crippen LogP contribution in [0.15, 0.2) is 6.33 Å². The van der Waals surface area contributed by atoms with Crippen LogP contribution in [0.1, 0.15) is 16.8 Å². The van der Waals surface area contributed by atoms with E-state index in [0.717, 1.165) is 11.0 Å². The van der Waals surface area contributed by atoms with Gasteiger partial charge in [-0.2, -0.15) is 8.42 Å². The van der Waals surface area contributed by atoms with Crippen molar-refractivity contribution in [1.29, 1.82) is 0 Å². The largest absolute Gasteiger partial charge is 0.387 e. The molecule has 0 bridgehead atoms. The van der Waals surface area contributed by atoms with Gasteiger partial charge >= 0.3 is 10.3 Å². The molecule has 1 amide bonds. The Morgan fingerprint density at radius 2 is 2.14 bits per heavy atom. The third-order valence-electron chi connectivity index (χ3n) is 2.72. The Labute approximate surface area is 118 Å². The van der Waals surface area contributed by atoms with Gasteiger partial charge in [0.05, 0.1) is 6.61 Å². The topological polar surface area (TPSA) is 193 Å². The minimum absolute atomic E-state index is 0.301. The first-order valence-corrected chi connectivity index (χ1v) is 7.06. The zero-order valence-electron chi connectivity index (χ0n) is 10.4. The molecule has 1 saturated heterocycles. The predicted molar refractivity (Wildman–Crippen MR) is 63.5 cm³/mol. The number of aliphatic hydroxyl groups is 2. The fraction of sp³-hybridized carbons (Fsp3) is 0.625. The molecule has 2 unspecified atom stereocenters. The predicted octanol–water partition coefficient (Wildman–Crippen LogP) is -3.78. The van der Waals surface area contributed by atoms with Crippen LogP contribution in [0, 0.1) is 0 Å². The van der Waals surface area contributed by atoms with Crippen LogP contribution in [0.5, 0.6) is 0 Å². The number of aromatic nitrogens is 3. The molecule has 1 aromatic rings. The lowest BCUT2D eigenvalue weighted by molar-refractivity contribution is -0.0550. The van der Waals surface area contributed by atoms with Crippen molar-refractivity contribution < 1.29 is 32.3 Å². The third kappa shape index (κ3) is 3.52. The minimum Gasteiger partial charge on any atom is -0.387 e. The van der Waals surface area contributed by atoms with Gasteiger partial charge in [0.15, 0.2) is 6.23 Å². The molecule has 118 valence electrons. The Morgan fingerprint density at radius 3 is 2.67 bits per heavy atom. The summed E-state index contributed by atoms with van der Waals surface area (Å²) >= 11 is 0. The van der Waals surface area contributed by atoms with E-state index in [4.69, 9.17) is 10.5 Å². The first-order chi connectivity index (χ1) is 9.69. The molecule has 0 spiro atoms. The number of nitrogens with zero attached hydrogens (tertiary/aromatic N) is 3. The molecule has 21 heavy (non-hydrogen) atoms. The standard InChI is InChI=1S/C8H13N5O7S/c9-6(16)7-11-2-13(12-7)8-5(15)4(14)3(20-8)1-19-21(10,17)18/h2-5,8,14-15H,1H2,(H2,9,16)(H2,10,17,18)/t3?,4-,5-,8?/m1/s1. The van der Waals surface area contributed by atoms with E-state index in [1.54, 1.807) is 0 Å². The summed E-state index contributed by atoms with van der Waals surface area (Å²) in [6.07, 6.45) is -4.16. The normalized spacial score (nSPS) is 29.7. The van der Waals surface area contributed by atoms with Crippen LogP contribution >= 0.6 is 0 Å². The molecule has 6 N–H and O–H groups in total. The maximum absolute atomic E-state index is 10.9. The van der Waals surface area contributed by atoms with E-state index in [0.29, 0.717) is 0 Å². The van der Waals surface area contributed by atoms with E-state index in [2.05, 4.69) is 19.4 Å². The highest BCUT2D eigenvalue weighted by Gasteiger charge is 2.44. The smallest absolute Gasteiger partial charge is 0.333 e. The molecule has 12 nitrogen and oxygen atoms in total. The van der Waals surface area contributed by atoms with Crippen molar-refractivity contribution in [3.63, 3.8) is 0 Å². The number of ether oxygens (including phenoxy) is 1. The van der Waals surface area contributed by atoms with Gasteiger partial charge in [0.25, 0.3) is 5.91 Å². The first-order valence-electron chi connectivity index (χ1n) is 5.59. The van der Waals surface area contributed by atoms with Crippen molar-refractivity contribution in [2.24, 2.45) is 10.9 Å². The molecular weight excluding hydrogens is 310 g/mol. The fourth-order valence-corrected chi connectivity index (χ4v) is 2.08. The second-order valence-electron chi connectivity index (χ2n) is 4.24. The van der Waals surface area contributed by atoms with E-state index < -0.39 is 47.4 Å². The average molecular weight is 323 g/mol. The van der Waals surface area contributed by atoms with Crippen molar-refractivity contribution in [1.82, 2.24) is 14.8 Å². The molecule has 0 aliphatic carbocycles. The number of carbonyl (C=O) groups is 1. The van der Waals surface area contributed by atoms with Crippen LogP contribution in [-0.4, -0.2) is 64.2 Å². The highest BCUT2D eigenvalue weighted by molar-refractivity contribution is 7.84. The van der Waals surface area contributed by atoms with Gasteiger partial charge in [-0.1, -0.05) is 0 Å². The number of rotatable bonds is 5. The Bertz CT molecular complexity index is 631. The summed E-state index contributed by atoms with van der Waals surface area (Å²) in [6.45, 7) is -0.592. The van der Waals surface area contributed by atoms with Crippen LogP contribution < -0.4 is 10.9 Å². The van der Waals surface area contributed by atoms with E-state index in [9.17, 15) is 23.4 Å². The third-order valence-corrected chi connectivity index (χ3v) is 3.19. The van der Waals surface area contributed by atoms with Crippen LogP contribution in [0.25, 0.3) is 0 Å². The number of hydrogen-bond acceptors (Lipinski definition) is 9. The minimum atomic E-state index is -4.21. The maximum Gasteiger partial charge on any atom is 0.333 e. The summed E-state index contributed by atoms with van der Waals surface area (Å²) in [4.78, 5) is 14.5. The molecule has 2 heterocycles. The Kier molecular flexibility index (Phi) is 4.22. The van der Waals surface area contributed by atoms with E-state index >= 15 is 0 Å². The van der Waals surface area contributed by atoms with Crippen LogP contribution in [-0.2, 0) is 19.2 Å². The molecule has 0 saturated carbocycles. The highest BCUT2D eigenvalue weighted by Crippen LogP contribution is 2.29. The Morgan fingerprint density at radius 1 is 1.48 bits per heavy atom. The molecule has 2 rings (SSSR count). The van der Waals surface area contributed by atoms with E-state index in [1.807, 2.05) is 0 Å². The summed E-state index contributed by atoms with van der Waals surface area (Å²) in [5, 5.41) is 27.9. The Balaban J connectivity index is 2.10. The second kappa shape index (κ2) is 5.63. The lowest BCUT2D eigenvalue weighted by Gasteiger charge is -2.13. The summed E-state index contributed by atoms with van der Waals surface area (Å²) in [6, 6.07) is 0. The summed E-state index contributed by atoms with van der Waals surface area (Å²) in [5.74, 6) is -1.18. The van der Waals surface area contributed by atoms with Gasteiger partial charge in [-0.05, 0) is 0 Å². The number of carbonyl (C=O) groups excluding carboxylic acids is 1. The van der Waals surface area contributed by atoms with Crippen molar-refractivity contribution in [2.45, 2.75) is 24.5 Å². The molecule has 0 aromatic carbocycles. The van der Waals surface area contributed by atoms with E-state index in [1.165, 1.54) is 0 Å².